The van der Waals surface area contributed by atoms with Crippen molar-refractivity contribution in [3.05, 3.63) is 27.2 Å². The summed E-state index contributed by atoms with van der Waals surface area (Å²) < 4.78 is 5.94. The zero-order chi connectivity index (χ0) is 12.5. The zero-order valence-electron chi connectivity index (χ0n) is 9.53. The average Bonchev–Trinajstić information content (AvgIpc) is 3.04. The first-order valence-electron chi connectivity index (χ1n) is 5.60. The molecule has 1 aliphatic rings. The number of halogens is 3. The number of benzene rings is 1. The summed E-state index contributed by atoms with van der Waals surface area (Å²) in [6.45, 7) is 3.84. The highest BCUT2D eigenvalue weighted by Crippen LogP contribution is 2.43. The lowest BCUT2D eigenvalue weighted by Gasteiger charge is -2.19. The van der Waals surface area contributed by atoms with Crippen LogP contribution in [0.5, 0.6) is 5.75 Å². The van der Waals surface area contributed by atoms with Crippen molar-refractivity contribution in [2.75, 3.05) is 13.1 Å². The first-order valence-corrected chi connectivity index (χ1v) is 6.74. The van der Waals surface area contributed by atoms with Crippen molar-refractivity contribution in [3.63, 3.8) is 0 Å². The maximum absolute atomic E-state index is 6.08. The summed E-state index contributed by atoms with van der Waals surface area (Å²) in [5.41, 5.74) is -0.114. The van der Waals surface area contributed by atoms with Crippen molar-refractivity contribution in [1.82, 2.24) is 5.32 Å². The maximum Gasteiger partial charge on any atom is 0.140 e. The van der Waals surface area contributed by atoms with Crippen LogP contribution in [0.1, 0.15) is 19.8 Å². The van der Waals surface area contributed by atoms with Gasteiger partial charge in [0.2, 0.25) is 0 Å². The van der Waals surface area contributed by atoms with Crippen LogP contribution in [0.4, 0.5) is 0 Å². The Kier molecular flexibility index (Phi) is 4.09. The van der Waals surface area contributed by atoms with Crippen LogP contribution in [0, 0.1) is 0 Å². The van der Waals surface area contributed by atoms with E-state index in [1.807, 2.05) is 0 Å². The Morgan fingerprint density at radius 3 is 2.41 bits per heavy atom. The summed E-state index contributed by atoms with van der Waals surface area (Å²) in [6, 6.07) is 3.29. The minimum atomic E-state index is -0.114. The van der Waals surface area contributed by atoms with Gasteiger partial charge in [-0.15, -0.1) is 0 Å². The number of ether oxygens (including phenoxy) is 1. The summed E-state index contributed by atoms with van der Waals surface area (Å²) in [5.74, 6) is 0.608. The molecule has 94 valence electrons. The van der Waals surface area contributed by atoms with Crippen molar-refractivity contribution in [2.45, 2.75) is 25.4 Å². The molecule has 1 N–H and O–H groups in total. The van der Waals surface area contributed by atoms with Crippen molar-refractivity contribution in [2.24, 2.45) is 0 Å². The minimum Gasteiger partial charge on any atom is -0.484 e. The third-order valence-electron chi connectivity index (χ3n) is 2.81. The van der Waals surface area contributed by atoms with Crippen molar-refractivity contribution in [1.29, 1.82) is 0 Å². The van der Waals surface area contributed by atoms with Gasteiger partial charge in [0.15, 0.2) is 0 Å². The molecule has 0 bridgehead atoms. The van der Waals surface area contributed by atoms with Gasteiger partial charge >= 0.3 is 0 Å². The van der Waals surface area contributed by atoms with Gasteiger partial charge in [-0.3, -0.25) is 0 Å². The predicted molar refractivity (Wildman–Crippen MR) is 72.6 cm³/mol. The quantitative estimate of drug-likeness (QED) is 0.823. The van der Waals surface area contributed by atoms with Gasteiger partial charge in [0, 0.05) is 12.6 Å². The number of nitrogens with one attached hydrogen (secondary N) is 1. The van der Waals surface area contributed by atoms with Crippen molar-refractivity contribution < 1.29 is 4.74 Å². The van der Waals surface area contributed by atoms with E-state index in [0.717, 1.165) is 25.9 Å². The molecule has 2 rings (SSSR count). The van der Waals surface area contributed by atoms with Gasteiger partial charge in [0.25, 0.3) is 0 Å². The van der Waals surface area contributed by atoms with Crippen LogP contribution in [-0.4, -0.2) is 18.7 Å². The molecule has 0 spiro atoms. The first-order chi connectivity index (χ1) is 8.06. The second-order valence-electron chi connectivity index (χ2n) is 4.26. The van der Waals surface area contributed by atoms with Crippen molar-refractivity contribution in [3.8, 4) is 5.75 Å². The molecular weight excluding hydrogens is 280 g/mol. The second kappa shape index (κ2) is 5.23. The topological polar surface area (TPSA) is 21.3 Å². The van der Waals surface area contributed by atoms with Crippen LogP contribution in [0.15, 0.2) is 12.1 Å². The monoisotopic (exact) mass is 293 g/mol. The normalized spacial score (nSPS) is 16.9. The highest BCUT2D eigenvalue weighted by atomic mass is 35.5. The van der Waals surface area contributed by atoms with Gasteiger partial charge in [-0.1, -0.05) is 41.7 Å². The van der Waals surface area contributed by atoms with E-state index in [9.17, 15) is 0 Å². The van der Waals surface area contributed by atoms with E-state index in [0.29, 0.717) is 20.8 Å². The van der Waals surface area contributed by atoms with Crippen molar-refractivity contribution >= 4 is 34.8 Å². The third kappa shape index (κ3) is 3.19. The Bertz CT molecular complexity index is 418. The highest BCUT2D eigenvalue weighted by Gasteiger charge is 2.45. The van der Waals surface area contributed by atoms with Gasteiger partial charge in [-0.05, 0) is 25.5 Å². The summed E-state index contributed by atoms with van der Waals surface area (Å²) in [7, 11) is 0. The predicted octanol–water partition coefficient (Wildman–Crippen LogP) is 4.17. The van der Waals surface area contributed by atoms with Gasteiger partial charge in [0.05, 0.1) is 15.1 Å². The van der Waals surface area contributed by atoms with Crippen LogP contribution in [-0.2, 0) is 0 Å². The Morgan fingerprint density at radius 2 is 1.82 bits per heavy atom. The number of hydrogen-bond acceptors (Lipinski definition) is 2. The summed E-state index contributed by atoms with van der Waals surface area (Å²) in [5, 5.41) is 4.70. The molecule has 0 aliphatic heterocycles. The molecule has 0 heterocycles. The molecule has 0 atom stereocenters. The van der Waals surface area contributed by atoms with E-state index < -0.39 is 0 Å². The molecule has 1 aromatic carbocycles. The van der Waals surface area contributed by atoms with Crippen LogP contribution < -0.4 is 10.1 Å². The van der Waals surface area contributed by atoms with Crippen LogP contribution in [0.2, 0.25) is 15.1 Å². The molecule has 0 unspecified atom stereocenters. The lowest BCUT2D eigenvalue weighted by atomic mass is 10.3. The molecule has 17 heavy (non-hydrogen) atoms. The minimum absolute atomic E-state index is 0.114. The zero-order valence-corrected chi connectivity index (χ0v) is 11.8. The molecule has 2 nitrogen and oxygen atoms in total. The molecule has 1 saturated carbocycles. The molecule has 1 fully saturated rings. The SMILES string of the molecule is CCNCC1(Oc2cc(Cl)c(Cl)cc2Cl)CC1. The average molecular weight is 295 g/mol. The van der Waals surface area contributed by atoms with Crippen LogP contribution >= 0.6 is 34.8 Å². The third-order valence-corrected chi connectivity index (χ3v) is 3.82. The van der Waals surface area contributed by atoms with E-state index in [1.54, 1.807) is 12.1 Å². The molecule has 5 heteroatoms. The van der Waals surface area contributed by atoms with E-state index in [-0.39, 0.29) is 5.60 Å². The molecule has 0 saturated heterocycles. The molecule has 0 amide bonds. The Balaban J connectivity index is 2.11. The lowest BCUT2D eigenvalue weighted by molar-refractivity contribution is 0.176. The fraction of sp³-hybridized carbons (Fsp3) is 0.500. The maximum atomic E-state index is 6.08. The van der Waals surface area contributed by atoms with E-state index in [1.165, 1.54) is 0 Å². The van der Waals surface area contributed by atoms with E-state index >= 15 is 0 Å². The van der Waals surface area contributed by atoms with Gasteiger partial charge in [0.1, 0.15) is 11.4 Å². The van der Waals surface area contributed by atoms with Crippen LogP contribution in [0.25, 0.3) is 0 Å². The molecular formula is C12H14Cl3NO. The van der Waals surface area contributed by atoms with E-state index in [2.05, 4.69) is 12.2 Å². The van der Waals surface area contributed by atoms with E-state index in [4.69, 9.17) is 39.5 Å². The fourth-order valence-corrected chi connectivity index (χ4v) is 2.20. The lowest BCUT2D eigenvalue weighted by Crippen LogP contribution is -2.33. The second-order valence-corrected chi connectivity index (χ2v) is 5.48. The number of likely N-dealkylation sites (N-methyl/N-ethyl adjacent to an activating group) is 1. The largest absolute Gasteiger partial charge is 0.484 e. The fourth-order valence-electron chi connectivity index (χ4n) is 1.62. The number of hydrogen-bond donors (Lipinski definition) is 1. The summed E-state index contributed by atoms with van der Waals surface area (Å²) >= 11 is 17.9. The van der Waals surface area contributed by atoms with Gasteiger partial charge in [-0.2, -0.15) is 0 Å². The number of rotatable bonds is 5. The highest BCUT2D eigenvalue weighted by molar-refractivity contribution is 6.43. The Morgan fingerprint density at radius 1 is 1.18 bits per heavy atom. The van der Waals surface area contributed by atoms with Gasteiger partial charge < -0.3 is 10.1 Å². The Labute approximate surface area is 116 Å². The smallest absolute Gasteiger partial charge is 0.140 e. The molecule has 1 aliphatic carbocycles. The summed E-state index contributed by atoms with van der Waals surface area (Å²) in [6.07, 6.45) is 2.08. The molecule has 0 aromatic heterocycles. The summed E-state index contributed by atoms with van der Waals surface area (Å²) in [4.78, 5) is 0. The standard InChI is InChI=1S/C12H14Cl3NO/c1-2-16-7-12(3-4-12)17-11-6-9(14)8(13)5-10(11)15/h5-6,16H,2-4,7H2,1H3. The molecule has 1 aromatic rings. The van der Waals surface area contributed by atoms with Gasteiger partial charge in [-0.25, -0.2) is 0 Å². The molecule has 0 radical (unpaired) electrons. The van der Waals surface area contributed by atoms with Crippen LogP contribution in [0.3, 0.4) is 0 Å². The Hall–Kier alpha value is -0.150. The first kappa shape index (κ1) is 13.3.